The molecule has 0 rings (SSSR count). The topological polar surface area (TPSA) is 81.1 Å². The molecule has 5 unspecified atom stereocenters. The minimum absolute atomic E-state index is 0.0474. The lowest BCUT2D eigenvalue weighted by molar-refractivity contribution is -0.148. The average Bonchev–Trinajstić information content (AvgIpc) is 2.66. The van der Waals surface area contributed by atoms with Crippen molar-refractivity contribution in [1.29, 1.82) is 0 Å². The summed E-state index contributed by atoms with van der Waals surface area (Å²) in [4.78, 5) is 28.0. The molecule has 7 heteroatoms. The zero-order valence-corrected chi connectivity index (χ0v) is 22.0. The van der Waals surface area contributed by atoms with E-state index in [1.54, 1.807) is 25.8 Å². The van der Waals surface area contributed by atoms with E-state index in [1.807, 2.05) is 32.4 Å². The first-order chi connectivity index (χ1) is 13.6. The van der Waals surface area contributed by atoms with Gasteiger partial charge in [0.15, 0.2) is 11.6 Å². The molecule has 30 heavy (non-hydrogen) atoms. The van der Waals surface area contributed by atoms with Crippen molar-refractivity contribution in [2.45, 2.75) is 111 Å². The lowest BCUT2D eigenvalue weighted by Gasteiger charge is -2.51. The van der Waals surface area contributed by atoms with Gasteiger partial charge in [-0.3, -0.25) is 19.2 Å². The summed E-state index contributed by atoms with van der Waals surface area (Å²) in [5, 5.41) is 21.1. The molecule has 178 valence electrons. The van der Waals surface area contributed by atoms with Crippen LogP contribution in [0.4, 0.5) is 0 Å². The second-order valence-electron chi connectivity index (χ2n) is 9.63. The van der Waals surface area contributed by atoms with Crippen molar-refractivity contribution >= 4 is 21.0 Å². The molecule has 0 bridgehead atoms. The van der Waals surface area contributed by atoms with Crippen LogP contribution in [0.25, 0.3) is 0 Å². The van der Waals surface area contributed by atoms with Gasteiger partial charge in [0.05, 0.1) is 13.1 Å². The number of ketones is 2. The first kappa shape index (κ1) is 29.6. The SMILES string of the molecule is CCCC(C)(O)N(C)CC(=O)C(C)(CCC)C(C)(CC)N(P)CC(=O)C(C)(O)CC. The summed E-state index contributed by atoms with van der Waals surface area (Å²) in [5.41, 5.74) is -3.76. The van der Waals surface area contributed by atoms with Crippen molar-refractivity contribution in [3.05, 3.63) is 0 Å². The number of nitrogens with zero attached hydrogens (tertiary/aromatic N) is 2. The van der Waals surface area contributed by atoms with Crippen LogP contribution in [0.2, 0.25) is 0 Å². The quantitative estimate of drug-likeness (QED) is 0.294. The summed E-state index contributed by atoms with van der Waals surface area (Å²) in [5.74, 6) is -0.205. The summed E-state index contributed by atoms with van der Waals surface area (Å²) in [7, 11) is 4.41. The van der Waals surface area contributed by atoms with E-state index in [0.29, 0.717) is 25.7 Å². The van der Waals surface area contributed by atoms with Crippen LogP contribution >= 0.6 is 9.39 Å². The maximum Gasteiger partial charge on any atom is 0.178 e. The van der Waals surface area contributed by atoms with Crippen LogP contribution in [0.15, 0.2) is 0 Å². The molecule has 0 heterocycles. The van der Waals surface area contributed by atoms with Gasteiger partial charge in [-0.15, -0.1) is 0 Å². The Hall–Kier alpha value is -0.390. The zero-order chi connectivity index (χ0) is 24.0. The normalized spacial score (nSPS) is 20.3. The van der Waals surface area contributed by atoms with Crippen LogP contribution < -0.4 is 0 Å². The van der Waals surface area contributed by atoms with Gasteiger partial charge >= 0.3 is 0 Å². The molecule has 0 fully saturated rings. The third kappa shape index (κ3) is 6.56. The molecule has 2 N–H and O–H groups in total. The lowest BCUT2D eigenvalue weighted by atomic mass is 9.64. The Morgan fingerprint density at radius 1 is 0.833 bits per heavy atom. The van der Waals surface area contributed by atoms with Crippen LogP contribution in [0, 0.1) is 5.41 Å². The third-order valence-electron chi connectivity index (χ3n) is 7.41. The second-order valence-corrected chi connectivity index (χ2v) is 10.3. The molecule has 0 aromatic heterocycles. The van der Waals surface area contributed by atoms with Gasteiger partial charge in [0.25, 0.3) is 0 Å². The number of carbonyl (C=O) groups excluding carboxylic acids is 2. The van der Waals surface area contributed by atoms with E-state index >= 15 is 0 Å². The van der Waals surface area contributed by atoms with Crippen molar-refractivity contribution in [3.8, 4) is 0 Å². The van der Waals surface area contributed by atoms with Gasteiger partial charge < -0.3 is 10.2 Å². The van der Waals surface area contributed by atoms with E-state index in [2.05, 4.69) is 16.3 Å². The van der Waals surface area contributed by atoms with E-state index in [1.165, 1.54) is 6.92 Å². The molecule has 0 saturated carbocycles. The van der Waals surface area contributed by atoms with E-state index < -0.39 is 22.3 Å². The Morgan fingerprint density at radius 2 is 1.33 bits per heavy atom. The molecule has 0 radical (unpaired) electrons. The predicted octanol–water partition coefficient (Wildman–Crippen LogP) is 3.79. The molecular formula is C23H47N2O4P. The molecular weight excluding hydrogens is 399 g/mol. The first-order valence-corrected chi connectivity index (χ1v) is 11.9. The molecule has 0 aliphatic heterocycles. The van der Waals surface area contributed by atoms with Crippen LogP contribution in [0.3, 0.4) is 0 Å². The summed E-state index contributed by atoms with van der Waals surface area (Å²) in [6, 6.07) is 0. The summed E-state index contributed by atoms with van der Waals surface area (Å²) in [6.07, 6.45) is 3.91. The van der Waals surface area contributed by atoms with Gasteiger partial charge in [-0.1, -0.05) is 56.9 Å². The van der Waals surface area contributed by atoms with E-state index in [0.717, 1.165) is 12.8 Å². The lowest BCUT2D eigenvalue weighted by Crippen LogP contribution is -2.61. The Kier molecular flexibility index (Phi) is 11.3. The standard InChI is InChI=1S/C23H47N2O4P/c1-10-14-20(5,18(26)16-24(9)23(8,29)15-11-2)22(7,13-4)25(30)17-19(27)21(6,28)12-3/h28-29H,10-17,30H2,1-9H3. The minimum atomic E-state index is -1.38. The zero-order valence-electron chi connectivity index (χ0n) is 20.8. The Labute approximate surface area is 187 Å². The van der Waals surface area contributed by atoms with Crippen molar-refractivity contribution in [2.75, 3.05) is 20.1 Å². The molecule has 0 amide bonds. The fourth-order valence-corrected chi connectivity index (χ4v) is 4.67. The summed E-state index contributed by atoms with van der Waals surface area (Å²) >= 11 is 0. The van der Waals surface area contributed by atoms with Crippen LogP contribution in [-0.4, -0.2) is 68.4 Å². The second kappa shape index (κ2) is 11.5. The van der Waals surface area contributed by atoms with Gasteiger partial charge in [0.2, 0.25) is 0 Å². The first-order valence-electron chi connectivity index (χ1n) is 11.3. The van der Waals surface area contributed by atoms with Crippen LogP contribution in [0.1, 0.15) is 93.9 Å². The highest BCUT2D eigenvalue weighted by molar-refractivity contribution is 7.13. The van der Waals surface area contributed by atoms with E-state index in [9.17, 15) is 19.8 Å². The highest BCUT2D eigenvalue weighted by atomic mass is 31.0. The maximum absolute atomic E-state index is 13.6. The Balaban J connectivity index is 5.90. The summed E-state index contributed by atoms with van der Waals surface area (Å²) in [6.45, 7) is 15.3. The fraction of sp³-hybridized carbons (Fsp3) is 0.913. The number of carbonyl (C=O) groups is 2. The molecule has 0 aromatic rings. The van der Waals surface area contributed by atoms with Crippen molar-refractivity contribution in [3.63, 3.8) is 0 Å². The predicted molar refractivity (Wildman–Crippen MR) is 127 cm³/mol. The van der Waals surface area contributed by atoms with E-state index in [-0.39, 0.29) is 24.7 Å². The van der Waals surface area contributed by atoms with Gasteiger partial charge in [0.1, 0.15) is 11.3 Å². The molecule has 6 nitrogen and oxygen atoms in total. The Morgan fingerprint density at radius 3 is 1.73 bits per heavy atom. The molecule has 0 aromatic carbocycles. The number of likely N-dealkylation sites (N-methyl/N-ethyl adjacent to an activating group) is 1. The highest BCUT2D eigenvalue weighted by Crippen LogP contribution is 2.45. The highest BCUT2D eigenvalue weighted by Gasteiger charge is 2.51. The van der Waals surface area contributed by atoms with Crippen LogP contribution in [-0.2, 0) is 9.59 Å². The minimum Gasteiger partial charge on any atom is -0.382 e. The van der Waals surface area contributed by atoms with Gasteiger partial charge in [0, 0.05) is 11.0 Å². The number of rotatable bonds is 15. The number of Topliss-reactive ketones (excluding diaryl/α,β-unsaturated/α-hetero) is 2. The largest absolute Gasteiger partial charge is 0.382 e. The third-order valence-corrected chi connectivity index (χ3v) is 8.16. The molecule has 0 aliphatic rings. The van der Waals surface area contributed by atoms with Gasteiger partial charge in [-0.05, 0) is 53.5 Å². The Bertz CT molecular complexity index is 582. The molecule has 0 spiro atoms. The number of aliphatic hydroxyl groups is 2. The van der Waals surface area contributed by atoms with Crippen molar-refractivity contribution < 1.29 is 19.8 Å². The molecule has 0 aliphatic carbocycles. The average molecular weight is 447 g/mol. The monoisotopic (exact) mass is 446 g/mol. The van der Waals surface area contributed by atoms with Gasteiger partial charge in [-0.25, -0.2) is 0 Å². The van der Waals surface area contributed by atoms with Crippen LogP contribution in [0.5, 0.6) is 0 Å². The summed E-state index contributed by atoms with van der Waals surface area (Å²) < 4.78 is 1.86. The van der Waals surface area contributed by atoms with E-state index in [4.69, 9.17) is 0 Å². The number of hydrogen-bond donors (Lipinski definition) is 2. The smallest absolute Gasteiger partial charge is 0.178 e. The maximum atomic E-state index is 13.6. The molecule has 0 saturated heterocycles. The van der Waals surface area contributed by atoms with Crippen molar-refractivity contribution in [1.82, 2.24) is 9.57 Å². The van der Waals surface area contributed by atoms with Gasteiger partial charge in [-0.2, -0.15) is 0 Å². The van der Waals surface area contributed by atoms with Crippen molar-refractivity contribution in [2.24, 2.45) is 5.41 Å². The fourth-order valence-electron chi connectivity index (χ4n) is 4.04. The molecule has 5 atom stereocenters. The number of hydrogen-bond acceptors (Lipinski definition) is 6.